The number of benzene rings is 1. The molecule has 1 heterocycles. The molecule has 6 heteroatoms. The highest BCUT2D eigenvalue weighted by molar-refractivity contribution is 5.90. The van der Waals surface area contributed by atoms with Gasteiger partial charge in [0.05, 0.1) is 12.2 Å². The minimum atomic E-state index is -1.13. The number of amides is 1. The third-order valence-electron chi connectivity index (χ3n) is 4.16. The van der Waals surface area contributed by atoms with Gasteiger partial charge in [-0.15, -0.1) is 0 Å². The van der Waals surface area contributed by atoms with Crippen molar-refractivity contribution in [2.24, 2.45) is 0 Å². The van der Waals surface area contributed by atoms with Gasteiger partial charge in [-0.3, -0.25) is 4.79 Å². The van der Waals surface area contributed by atoms with Crippen molar-refractivity contribution >= 4 is 17.6 Å². The monoisotopic (exact) mass is 290 g/mol. The maximum absolute atomic E-state index is 12.3. The van der Waals surface area contributed by atoms with Crippen molar-refractivity contribution in [3.05, 3.63) is 24.3 Å². The average Bonchev–Trinajstić information content (AvgIpc) is 2.96. The fourth-order valence-corrected chi connectivity index (χ4v) is 2.95. The lowest BCUT2D eigenvalue weighted by Gasteiger charge is -2.31. The van der Waals surface area contributed by atoms with E-state index in [2.05, 4.69) is 10.6 Å². The molecule has 6 nitrogen and oxygen atoms in total. The molecule has 3 N–H and O–H groups in total. The van der Waals surface area contributed by atoms with Gasteiger partial charge >= 0.3 is 5.97 Å². The molecule has 0 saturated heterocycles. The highest BCUT2D eigenvalue weighted by atomic mass is 16.5. The first-order chi connectivity index (χ1) is 10.1. The molecule has 1 aliphatic heterocycles. The zero-order valence-electron chi connectivity index (χ0n) is 11.6. The lowest BCUT2D eigenvalue weighted by Crippen LogP contribution is -2.57. The van der Waals surface area contributed by atoms with Gasteiger partial charge in [0.2, 0.25) is 0 Å². The summed E-state index contributed by atoms with van der Waals surface area (Å²) in [5, 5.41) is 15.2. The van der Waals surface area contributed by atoms with Gasteiger partial charge in [0.25, 0.3) is 5.91 Å². The lowest BCUT2D eigenvalue weighted by atomic mass is 9.97. The molecule has 21 heavy (non-hydrogen) atoms. The number of hydrogen-bond acceptors (Lipinski definition) is 4. The number of ether oxygens (including phenoxy) is 1. The second kappa shape index (κ2) is 5.27. The van der Waals surface area contributed by atoms with Crippen LogP contribution in [0.3, 0.4) is 0 Å². The van der Waals surface area contributed by atoms with E-state index in [1.165, 1.54) is 0 Å². The largest absolute Gasteiger partial charge is 0.480 e. The van der Waals surface area contributed by atoms with Crippen molar-refractivity contribution in [1.82, 2.24) is 5.32 Å². The van der Waals surface area contributed by atoms with Crippen molar-refractivity contribution in [2.75, 3.05) is 11.9 Å². The van der Waals surface area contributed by atoms with Crippen LogP contribution in [-0.4, -0.2) is 35.2 Å². The topological polar surface area (TPSA) is 87.7 Å². The van der Waals surface area contributed by atoms with Crippen LogP contribution < -0.4 is 15.4 Å². The number of aliphatic carboxylic acids is 1. The summed E-state index contributed by atoms with van der Waals surface area (Å²) in [6, 6.07) is 7.37. The predicted molar refractivity (Wildman–Crippen MR) is 76.3 cm³/mol. The Morgan fingerprint density at radius 2 is 2.00 bits per heavy atom. The van der Waals surface area contributed by atoms with Crippen molar-refractivity contribution < 1.29 is 19.4 Å². The first-order valence-electron chi connectivity index (χ1n) is 7.16. The third kappa shape index (κ3) is 2.53. The molecular formula is C15H18N2O4. The van der Waals surface area contributed by atoms with Crippen molar-refractivity contribution in [1.29, 1.82) is 0 Å². The zero-order valence-corrected chi connectivity index (χ0v) is 11.6. The molecule has 1 unspecified atom stereocenters. The number of hydrogen-bond donors (Lipinski definition) is 3. The Morgan fingerprint density at radius 1 is 1.29 bits per heavy atom. The van der Waals surface area contributed by atoms with E-state index in [0.29, 0.717) is 25.1 Å². The summed E-state index contributed by atoms with van der Waals surface area (Å²) in [6.45, 7) is 0.332. The Balaban J connectivity index is 1.71. The normalized spacial score (nSPS) is 22.6. The molecule has 1 fully saturated rings. The number of anilines is 1. The molecule has 1 atom stereocenters. The van der Waals surface area contributed by atoms with E-state index in [1.807, 2.05) is 18.2 Å². The Morgan fingerprint density at radius 3 is 2.71 bits per heavy atom. The van der Waals surface area contributed by atoms with Crippen LogP contribution in [0.2, 0.25) is 0 Å². The molecule has 2 aliphatic rings. The smallest absolute Gasteiger partial charge is 0.329 e. The van der Waals surface area contributed by atoms with Gasteiger partial charge in [0.15, 0.2) is 6.10 Å². The fraction of sp³-hybridized carbons (Fsp3) is 0.467. The van der Waals surface area contributed by atoms with E-state index >= 15 is 0 Å². The van der Waals surface area contributed by atoms with Crippen LogP contribution in [0.25, 0.3) is 0 Å². The standard InChI is InChI=1S/C15H18N2O4/c18-13(17-15(14(19)20)7-3-4-8-15)12-9-16-10-5-1-2-6-11(10)21-12/h1-2,5-6,12,16H,3-4,7-9H2,(H,17,18)(H,19,20). The van der Waals surface area contributed by atoms with Crippen molar-refractivity contribution in [3.8, 4) is 5.75 Å². The first-order valence-corrected chi connectivity index (χ1v) is 7.16. The molecule has 1 aliphatic carbocycles. The SMILES string of the molecule is O=C(NC1(C(=O)O)CCCC1)C1CNc2ccccc2O1. The minimum absolute atomic E-state index is 0.332. The Kier molecular flexibility index (Phi) is 3.45. The number of carbonyl (C=O) groups excluding carboxylic acids is 1. The predicted octanol–water partition coefficient (Wildman–Crippen LogP) is 1.37. The summed E-state index contributed by atoms with van der Waals surface area (Å²) in [6.07, 6.45) is 1.88. The number of rotatable bonds is 3. The number of nitrogens with one attached hydrogen (secondary N) is 2. The van der Waals surface area contributed by atoms with Gasteiger partial charge < -0.3 is 20.5 Å². The van der Waals surface area contributed by atoms with Gasteiger partial charge in [-0.1, -0.05) is 25.0 Å². The van der Waals surface area contributed by atoms with E-state index in [1.54, 1.807) is 6.07 Å². The second-order valence-electron chi connectivity index (χ2n) is 5.57. The second-order valence-corrected chi connectivity index (χ2v) is 5.57. The van der Waals surface area contributed by atoms with Crippen LogP contribution in [0.5, 0.6) is 5.75 Å². The maximum Gasteiger partial charge on any atom is 0.329 e. The van der Waals surface area contributed by atoms with E-state index in [9.17, 15) is 14.7 Å². The van der Waals surface area contributed by atoms with Crippen LogP contribution in [-0.2, 0) is 9.59 Å². The summed E-state index contributed by atoms with van der Waals surface area (Å²) in [5.74, 6) is -0.724. The van der Waals surface area contributed by atoms with Gasteiger partial charge in [-0.25, -0.2) is 4.79 Å². The van der Waals surface area contributed by atoms with Crippen LogP contribution >= 0.6 is 0 Å². The molecule has 0 spiro atoms. The number of para-hydroxylation sites is 2. The summed E-state index contributed by atoms with van der Waals surface area (Å²) < 4.78 is 5.66. The van der Waals surface area contributed by atoms with Crippen LogP contribution in [0.15, 0.2) is 24.3 Å². The highest BCUT2D eigenvalue weighted by Crippen LogP contribution is 2.31. The Labute approximate surface area is 122 Å². The molecule has 112 valence electrons. The molecule has 3 rings (SSSR count). The van der Waals surface area contributed by atoms with E-state index in [4.69, 9.17) is 4.74 Å². The summed E-state index contributed by atoms with van der Waals surface area (Å²) in [7, 11) is 0. The van der Waals surface area contributed by atoms with E-state index in [-0.39, 0.29) is 5.91 Å². The summed E-state index contributed by atoms with van der Waals surface area (Å²) >= 11 is 0. The molecule has 1 saturated carbocycles. The highest BCUT2D eigenvalue weighted by Gasteiger charge is 2.44. The van der Waals surface area contributed by atoms with Gasteiger partial charge in [-0.2, -0.15) is 0 Å². The molecule has 0 radical (unpaired) electrons. The minimum Gasteiger partial charge on any atom is -0.480 e. The van der Waals surface area contributed by atoms with E-state index in [0.717, 1.165) is 18.5 Å². The number of carboxylic acid groups (broad SMARTS) is 1. The quantitative estimate of drug-likeness (QED) is 0.782. The molecule has 0 aromatic heterocycles. The molecule has 1 aromatic rings. The zero-order chi connectivity index (χ0) is 14.9. The van der Waals surface area contributed by atoms with Crippen molar-refractivity contribution in [3.63, 3.8) is 0 Å². The maximum atomic E-state index is 12.3. The summed E-state index contributed by atoms with van der Waals surface area (Å²) in [5.41, 5.74) is -0.285. The third-order valence-corrected chi connectivity index (χ3v) is 4.16. The number of carboxylic acids is 1. The van der Waals surface area contributed by atoms with Crippen LogP contribution in [0.4, 0.5) is 5.69 Å². The number of fused-ring (bicyclic) bond motifs is 1. The molecule has 1 aromatic carbocycles. The average molecular weight is 290 g/mol. The molecule has 0 bridgehead atoms. The van der Waals surface area contributed by atoms with Crippen LogP contribution in [0.1, 0.15) is 25.7 Å². The molecular weight excluding hydrogens is 272 g/mol. The first kappa shape index (κ1) is 13.7. The lowest BCUT2D eigenvalue weighted by molar-refractivity contribution is -0.148. The summed E-state index contributed by atoms with van der Waals surface area (Å²) in [4.78, 5) is 23.8. The Bertz CT molecular complexity index is 567. The number of carbonyl (C=O) groups is 2. The van der Waals surface area contributed by atoms with Gasteiger partial charge in [-0.05, 0) is 25.0 Å². The molecule has 1 amide bonds. The van der Waals surface area contributed by atoms with Gasteiger partial charge in [0.1, 0.15) is 11.3 Å². The Hall–Kier alpha value is -2.24. The van der Waals surface area contributed by atoms with E-state index < -0.39 is 17.6 Å². The fourth-order valence-electron chi connectivity index (χ4n) is 2.95. The van der Waals surface area contributed by atoms with Crippen LogP contribution in [0, 0.1) is 0 Å². The van der Waals surface area contributed by atoms with Crippen molar-refractivity contribution in [2.45, 2.75) is 37.3 Å². The van der Waals surface area contributed by atoms with Gasteiger partial charge in [0, 0.05) is 0 Å².